The summed E-state index contributed by atoms with van der Waals surface area (Å²) in [5, 5.41) is 0. The van der Waals surface area contributed by atoms with E-state index < -0.39 is 0 Å². The van der Waals surface area contributed by atoms with Crippen LogP contribution in [0.3, 0.4) is 0 Å². The van der Waals surface area contributed by atoms with E-state index in [9.17, 15) is 0 Å². The first kappa shape index (κ1) is 5.03. The van der Waals surface area contributed by atoms with Crippen molar-refractivity contribution in [2.75, 3.05) is 0 Å². The van der Waals surface area contributed by atoms with Gasteiger partial charge in [-0.3, -0.25) is 4.98 Å². The van der Waals surface area contributed by atoms with E-state index in [1.165, 1.54) is 0 Å². The largest absolute Gasteiger partial charge is 0.253 e. The van der Waals surface area contributed by atoms with Gasteiger partial charge in [0.05, 0.1) is 0 Å². The predicted octanol–water partition coefficient (Wildman–Crippen LogP) is 1.49. The Hall–Kier alpha value is -0.120. The Bertz CT molecular complexity index is 138. The van der Waals surface area contributed by atoms with Crippen molar-refractivity contribution in [3.63, 3.8) is 0 Å². The van der Waals surface area contributed by atoms with Crippen molar-refractivity contribution in [2.45, 2.75) is 0 Å². The zero-order valence-corrected chi connectivity index (χ0v) is 5.71. The molecule has 0 atom stereocenters. The topological polar surface area (TPSA) is 12.9 Å². The molecule has 0 saturated carbocycles. The van der Waals surface area contributed by atoms with E-state index in [1.807, 2.05) is 12.1 Å². The zero-order chi connectivity index (χ0) is 5.11. The molecule has 0 amide bonds. The van der Waals surface area contributed by atoms with Gasteiger partial charge in [0.2, 0.25) is 0 Å². The molecule has 1 aromatic heterocycles. The molecule has 0 saturated heterocycles. The number of halogens is 1. The van der Waals surface area contributed by atoms with Crippen LogP contribution >= 0.6 is 22.6 Å². The van der Waals surface area contributed by atoms with Crippen LogP contribution in [0.2, 0.25) is 0 Å². The monoisotopic (exact) mass is 204 g/mol. The molecule has 35 valence electrons. The highest BCUT2D eigenvalue weighted by Gasteiger charge is 1.76. The smallest absolute Gasteiger partial charge is 0.103 e. The number of rotatable bonds is 0. The third-order valence-corrected chi connectivity index (χ3v) is 1.18. The number of hydrogen-bond acceptors (Lipinski definition) is 1. The van der Waals surface area contributed by atoms with Gasteiger partial charge in [0.25, 0.3) is 0 Å². The highest BCUT2D eigenvalue weighted by atomic mass is 127. The van der Waals surface area contributed by atoms with Gasteiger partial charge < -0.3 is 0 Å². The minimum atomic E-state index is 1.06. The molecule has 0 N–H and O–H groups in total. The van der Waals surface area contributed by atoms with E-state index in [1.54, 1.807) is 6.20 Å². The number of pyridine rings is 1. The first-order chi connectivity index (χ1) is 3.39. The average Bonchev–Trinajstić information content (AvgIpc) is 1.69. The van der Waals surface area contributed by atoms with Crippen LogP contribution in [0.4, 0.5) is 0 Å². The van der Waals surface area contributed by atoms with Crippen molar-refractivity contribution in [1.82, 2.24) is 4.98 Å². The highest BCUT2D eigenvalue weighted by molar-refractivity contribution is 14.1. The first-order valence-corrected chi connectivity index (χ1v) is 2.95. The highest BCUT2D eigenvalue weighted by Crippen LogP contribution is 1.96. The Morgan fingerprint density at radius 1 is 1.71 bits per heavy atom. The molecule has 0 unspecified atom stereocenters. The molecule has 1 nitrogen and oxygen atoms in total. The minimum Gasteiger partial charge on any atom is -0.253 e. The second-order valence-corrected chi connectivity index (χ2v) is 2.26. The summed E-state index contributed by atoms with van der Waals surface area (Å²) in [6, 6.07) is 3.84. The van der Waals surface area contributed by atoms with E-state index in [0.717, 1.165) is 3.57 Å². The van der Waals surface area contributed by atoms with E-state index in [-0.39, 0.29) is 0 Å². The lowest BCUT2D eigenvalue weighted by atomic mass is 10.5. The SMILES string of the molecule is Ic1[c]nccc1. The lowest BCUT2D eigenvalue weighted by Crippen LogP contribution is -1.69. The van der Waals surface area contributed by atoms with Gasteiger partial charge in [-0.1, -0.05) is 0 Å². The summed E-state index contributed by atoms with van der Waals surface area (Å²) in [5.74, 6) is 0. The maximum absolute atomic E-state index is 3.75. The molecule has 0 aliphatic rings. The molecular formula is C5H3IN. The summed E-state index contributed by atoms with van der Waals surface area (Å²) >= 11 is 2.16. The van der Waals surface area contributed by atoms with Crippen molar-refractivity contribution in [3.05, 3.63) is 28.1 Å². The lowest BCUT2D eigenvalue weighted by molar-refractivity contribution is 1.29. The Morgan fingerprint density at radius 2 is 2.57 bits per heavy atom. The van der Waals surface area contributed by atoms with Crippen molar-refractivity contribution < 1.29 is 0 Å². The summed E-state index contributed by atoms with van der Waals surface area (Å²) in [4.78, 5) is 3.75. The Labute approximate surface area is 55.9 Å². The van der Waals surface area contributed by atoms with Gasteiger partial charge >= 0.3 is 0 Å². The molecule has 0 fully saturated rings. The standard InChI is InChI=1S/C5H3IN/c6-5-2-1-3-7-4-5/h1-3H. The molecular weight excluding hydrogens is 201 g/mol. The van der Waals surface area contributed by atoms with E-state index in [0.29, 0.717) is 0 Å². The maximum atomic E-state index is 3.75. The van der Waals surface area contributed by atoms with Crippen LogP contribution in [0.5, 0.6) is 0 Å². The van der Waals surface area contributed by atoms with Crippen LogP contribution in [0.15, 0.2) is 18.3 Å². The zero-order valence-electron chi connectivity index (χ0n) is 3.56. The Morgan fingerprint density at radius 3 is 2.86 bits per heavy atom. The van der Waals surface area contributed by atoms with Gasteiger partial charge in [0, 0.05) is 9.77 Å². The van der Waals surface area contributed by atoms with Crippen LogP contribution in [-0.2, 0) is 0 Å². The van der Waals surface area contributed by atoms with E-state index in [2.05, 4.69) is 33.8 Å². The number of hydrogen-bond donors (Lipinski definition) is 0. The molecule has 7 heavy (non-hydrogen) atoms. The second kappa shape index (κ2) is 2.26. The maximum Gasteiger partial charge on any atom is 0.103 e. The van der Waals surface area contributed by atoms with Crippen LogP contribution in [-0.4, -0.2) is 4.98 Å². The third kappa shape index (κ3) is 1.43. The van der Waals surface area contributed by atoms with Gasteiger partial charge in [0.15, 0.2) is 0 Å². The number of nitrogens with zero attached hydrogens (tertiary/aromatic N) is 1. The van der Waals surface area contributed by atoms with Crippen molar-refractivity contribution in [1.29, 1.82) is 0 Å². The fourth-order valence-corrected chi connectivity index (χ4v) is 0.654. The van der Waals surface area contributed by atoms with Crippen molar-refractivity contribution >= 4 is 22.6 Å². The number of aromatic nitrogens is 1. The Kier molecular flexibility index (Phi) is 1.62. The molecule has 0 spiro atoms. The molecule has 1 heterocycles. The molecule has 1 aromatic rings. The molecule has 0 bridgehead atoms. The van der Waals surface area contributed by atoms with Gasteiger partial charge in [-0.05, 0) is 34.7 Å². The summed E-state index contributed by atoms with van der Waals surface area (Å²) in [7, 11) is 0. The van der Waals surface area contributed by atoms with Crippen molar-refractivity contribution in [3.8, 4) is 0 Å². The van der Waals surface area contributed by atoms with E-state index >= 15 is 0 Å². The minimum absolute atomic E-state index is 1.06. The summed E-state index contributed by atoms with van der Waals surface area (Å²) in [5.41, 5.74) is 0. The van der Waals surface area contributed by atoms with E-state index in [4.69, 9.17) is 0 Å². The van der Waals surface area contributed by atoms with Crippen molar-refractivity contribution in [2.24, 2.45) is 0 Å². The normalized spacial score (nSPS) is 8.71. The molecule has 0 aliphatic heterocycles. The first-order valence-electron chi connectivity index (χ1n) is 1.88. The summed E-state index contributed by atoms with van der Waals surface area (Å²) in [6.45, 7) is 0. The fraction of sp³-hybridized carbons (Fsp3) is 0. The summed E-state index contributed by atoms with van der Waals surface area (Å²) < 4.78 is 1.06. The van der Waals surface area contributed by atoms with Crippen LogP contribution in [0, 0.1) is 9.77 Å². The Balaban J connectivity index is 3.02. The fourth-order valence-electron chi connectivity index (χ4n) is 0.307. The van der Waals surface area contributed by atoms with Crippen LogP contribution in [0.25, 0.3) is 0 Å². The molecule has 1 radical (unpaired) electrons. The van der Waals surface area contributed by atoms with Crippen LogP contribution < -0.4 is 0 Å². The third-order valence-electron chi connectivity index (χ3n) is 0.575. The molecule has 1 rings (SSSR count). The molecule has 0 aliphatic carbocycles. The second-order valence-electron chi connectivity index (χ2n) is 1.10. The van der Waals surface area contributed by atoms with Gasteiger partial charge in [-0.25, -0.2) is 0 Å². The molecule has 0 aromatic carbocycles. The summed E-state index contributed by atoms with van der Waals surface area (Å²) in [6.07, 6.45) is 4.48. The average molecular weight is 204 g/mol. The van der Waals surface area contributed by atoms with Gasteiger partial charge in [-0.2, -0.15) is 0 Å². The van der Waals surface area contributed by atoms with Gasteiger partial charge in [0.1, 0.15) is 6.20 Å². The van der Waals surface area contributed by atoms with Gasteiger partial charge in [-0.15, -0.1) is 0 Å². The quantitative estimate of drug-likeness (QED) is 0.583. The predicted molar refractivity (Wildman–Crippen MR) is 35.8 cm³/mol. The van der Waals surface area contributed by atoms with Crippen LogP contribution in [0.1, 0.15) is 0 Å². The lowest BCUT2D eigenvalue weighted by Gasteiger charge is -1.78. The molecule has 2 heteroatoms.